The molecule has 0 fully saturated rings. The van der Waals surface area contributed by atoms with Gasteiger partial charge in [-0.1, -0.05) is 13.8 Å². The average Bonchev–Trinajstić information content (AvgIpc) is 2.28. The zero-order valence-electron chi connectivity index (χ0n) is 9.53. The number of halogens is 1. The van der Waals surface area contributed by atoms with Gasteiger partial charge in [0.2, 0.25) is 0 Å². The third kappa shape index (κ3) is 3.03. The Morgan fingerprint density at radius 1 is 1.38 bits per heavy atom. The highest BCUT2D eigenvalue weighted by Crippen LogP contribution is 2.18. The molecule has 1 aromatic carbocycles. The van der Waals surface area contributed by atoms with Crippen LogP contribution in [0.5, 0.6) is 5.75 Å². The van der Waals surface area contributed by atoms with Crippen molar-refractivity contribution in [1.29, 1.82) is 0 Å². The van der Waals surface area contributed by atoms with Crippen LogP contribution in [0.1, 0.15) is 24.2 Å². The molecule has 1 N–H and O–H groups in total. The molecule has 0 saturated heterocycles. The maximum atomic E-state index is 12.9. The predicted octanol–water partition coefficient (Wildman–Crippen LogP) is 2.06. The summed E-state index contributed by atoms with van der Waals surface area (Å²) in [5.74, 6) is -0.944. The quantitative estimate of drug-likeness (QED) is 0.780. The zero-order valence-corrected chi connectivity index (χ0v) is 9.53. The standard InChI is InChI=1S/C12H16FNO2/c1-3-14(4-2)8-12(16)10-7-9(13)5-6-11(10)15/h5-7,15H,3-4,8H2,1-2H3. The number of aromatic hydroxyl groups is 1. The Kier molecular flexibility index (Phi) is 4.43. The van der Waals surface area contributed by atoms with E-state index >= 15 is 0 Å². The Morgan fingerprint density at radius 2 is 2.00 bits per heavy atom. The lowest BCUT2D eigenvalue weighted by molar-refractivity contribution is 0.0934. The average molecular weight is 225 g/mol. The van der Waals surface area contributed by atoms with E-state index in [-0.39, 0.29) is 23.6 Å². The maximum Gasteiger partial charge on any atom is 0.180 e. The highest BCUT2D eigenvalue weighted by molar-refractivity contribution is 5.99. The van der Waals surface area contributed by atoms with Crippen molar-refractivity contribution in [2.24, 2.45) is 0 Å². The van der Waals surface area contributed by atoms with Gasteiger partial charge in [-0.2, -0.15) is 0 Å². The van der Waals surface area contributed by atoms with Crippen LogP contribution in [0.3, 0.4) is 0 Å². The molecule has 0 saturated carbocycles. The van der Waals surface area contributed by atoms with Crippen LogP contribution in [0.15, 0.2) is 18.2 Å². The summed E-state index contributed by atoms with van der Waals surface area (Å²) in [6, 6.07) is 3.40. The highest BCUT2D eigenvalue weighted by atomic mass is 19.1. The van der Waals surface area contributed by atoms with E-state index < -0.39 is 5.82 Å². The lowest BCUT2D eigenvalue weighted by Crippen LogP contribution is -2.29. The number of rotatable bonds is 5. The van der Waals surface area contributed by atoms with Crippen molar-refractivity contribution < 1.29 is 14.3 Å². The van der Waals surface area contributed by atoms with Gasteiger partial charge in [0.25, 0.3) is 0 Å². The molecule has 0 aromatic heterocycles. The molecule has 0 spiro atoms. The summed E-state index contributed by atoms with van der Waals surface area (Å²) in [5, 5.41) is 9.46. The van der Waals surface area contributed by atoms with Crippen LogP contribution in [0, 0.1) is 5.82 Å². The van der Waals surface area contributed by atoms with E-state index in [0.717, 1.165) is 25.2 Å². The summed E-state index contributed by atoms with van der Waals surface area (Å²) in [7, 11) is 0. The Balaban J connectivity index is 2.83. The molecule has 4 heteroatoms. The van der Waals surface area contributed by atoms with E-state index in [2.05, 4.69) is 0 Å². The molecular weight excluding hydrogens is 209 g/mol. The van der Waals surface area contributed by atoms with E-state index in [4.69, 9.17) is 0 Å². The Labute approximate surface area is 94.5 Å². The number of hydrogen-bond acceptors (Lipinski definition) is 3. The van der Waals surface area contributed by atoms with Crippen LogP contribution in [0.2, 0.25) is 0 Å². The number of hydrogen-bond donors (Lipinski definition) is 1. The summed E-state index contributed by atoms with van der Waals surface area (Å²) < 4.78 is 12.9. The van der Waals surface area contributed by atoms with Gasteiger partial charge in [0.05, 0.1) is 12.1 Å². The first-order chi connectivity index (χ1) is 7.58. The van der Waals surface area contributed by atoms with Crippen LogP contribution in [-0.2, 0) is 0 Å². The van der Waals surface area contributed by atoms with Gasteiger partial charge in [-0.05, 0) is 31.3 Å². The number of carbonyl (C=O) groups excluding carboxylic acids is 1. The van der Waals surface area contributed by atoms with Gasteiger partial charge < -0.3 is 5.11 Å². The second kappa shape index (κ2) is 5.61. The number of benzene rings is 1. The first kappa shape index (κ1) is 12.6. The smallest absolute Gasteiger partial charge is 0.180 e. The second-order valence-corrected chi connectivity index (χ2v) is 3.55. The van der Waals surface area contributed by atoms with Crippen molar-refractivity contribution in [2.45, 2.75) is 13.8 Å². The maximum absolute atomic E-state index is 12.9. The molecule has 16 heavy (non-hydrogen) atoms. The Hall–Kier alpha value is -1.42. The van der Waals surface area contributed by atoms with E-state index in [0.29, 0.717) is 0 Å². The summed E-state index contributed by atoms with van der Waals surface area (Å²) in [6.45, 7) is 5.59. The predicted molar refractivity (Wildman–Crippen MR) is 60.2 cm³/mol. The SMILES string of the molecule is CCN(CC)CC(=O)c1cc(F)ccc1O. The number of phenolic OH excluding ortho intramolecular Hbond substituents is 1. The summed E-state index contributed by atoms with van der Waals surface area (Å²) in [5.41, 5.74) is 0.0481. The summed E-state index contributed by atoms with van der Waals surface area (Å²) >= 11 is 0. The van der Waals surface area contributed by atoms with Crippen molar-refractivity contribution in [3.63, 3.8) is 0 Å². The van der Waals surface area contributed by atoms with Crippen molar-refractivity contribution in [3.8, 4) is 5.75 Å². The molecule has 0 unspecified atom stereocenters. The molecule has 0 aliphatic rings. The molecule has 1 rings (SSSR count). The largest absolute Gasteiger partial charge is 0.507 e. The van der Waals surface area contributed by atoms with Crippen LogP contribution in [-0.4, -0.2) is 35.4 Å². The lowest BCUT2D eigenvalue weighted by Gasteiger charge is -2.17. The van der Waals surface area contributed by atoms with Gasteiger partial charge in [0.15, 0.2) is 5.78 Å². The zero-order chi connectivity index (χ0) is 12.1. The summed E-state index contributed by atoms with van der Waals surface area (Å²) in [4.78, 5) is 13.7. The molecule has 0 bridgehead atoms. The fourth-order valence-corrected chi connectivity index (χ4v) is 1.47. The molecule has 0 heterocycles. The van der Waals surface area contributed by atoms with Gasteiger partial charge in [-0.15, -0.1) is 0 Å². The van der Waals surface area contributed by atoms with E-state index in [1.54, 1.807) is 0 Å². The van der Waals surface area contributed by atoms with Crippen LogP contribution < -0.4 is 0 Å². The minimum atomic E-state index is -0.513. The van der Waals surface area contributed by atoms with Gasteiger partial charge in [-0.25, -0.2) is 4.39 Å². The highest BCUT2D eigenvalue weighted by Gasteiger charge is 2.14. The number of ketones is 1. The molecule has 0 aliphatic heterocycles. The number of carbonyl (C=O) groups is 1. The molecule has 0 radical (unpaired) electrons. The van der Waals surface area contributed by atoms with Crippen molar-refractivity contribution >= 4 is 5.78 Å². The van der Waals surface area contributed by atoms with Crippen molar-refractivity contribution in [2.75, 3.05) is 19.6 Å². The van der Waals surface area contributed by atoms with Gasteiger partial charge in [0, 0.05) is 0 Å². The minimum Gasteiger partial charge on any atom is -0.507 e. The van der Waals surface area contributed by atoms with Crippen LogP contribution >= 0.6 is 0 Å². The van der Waals surface area contributed by atoms with Crippen molar-refractivity contribution in [3.05, 3.63) is 29.6 Å². The molecular formula is C12H16FNO2. The minimum absolute atomic E-state index is 0.0481. The van der Waals surface area contributed by atoms with Gasteiger partial charge >= 0.3 is 0 Å². The number of likely N-dealkylation sites (N-methyl/N-ethyl adjacent to an activating group) is 1. The van der Waals surface area contributed by atoms with Gasteiger partial charge in [0.1, 0.15) is 11.6 Å². The summed E-state index contributed by atoms with van der Waals surface area (Å²) in [6.07, 6.45) is 0. The fraction of sp³-hybridized carbons (Fsp3) is 0.417. The third-order valence-corrected chi connectivity index (χ3v) is 2.52. The van der Waals surface area contributed by atoms with E-state index in [9.17, 15) is 14.3 Å². The monoisotopic (exact) mass is 225 g/mol. The Morgan fingerprint density at radius 3 is 2.56 bits per heavy atom. The molecule has 1 aromatic rings. The van der Waals surface area contributed by atoms with Crippen molar-refractivity contribution in [1.82, 2.24) is 4.90 Å². The molecule has 0 amide bonds. The number of Topliss-reactive ketones (excluding diaryl/α,β-unsaturated/α-hetero) is 1. The number of nitrogens with zero attached hydrogens (tertiary/aromatic N) is 1. The van der Waals surface area contributed by atoms with Crippen LogP contribution in [0.25, 0.3) is 0 Å². The topological polar surface area (TPSA) is 40.5 Å². The third-order valence-electron chi connectivity index (χ3n) is 2.52. The Bertz CT molecular complexity index is 375. The van der Waals surface area contributed by atoms with Gasteiger partial charge in [-0.3, -0.25) is 9.69 Å². The molecule has 0 aliphatic carbocycles. The normalized spacial score (nSPS) is 10.8. The molecule has 0 atom stereocenters. The first-order valence-corrected chi connectivity index (χ1v) is 5.32. The van der Waals surface area contributed by atoms with E-state index in [1.165, 1.54) is 6.07 Å². The lowest BCUT2D eigenvalue weighted by atomic mass is 10.1. The fourth-order valence-electron chi connectivity index (χ4n) is 1.47. The second-order valence-electron chi connectivity index (χ2n) is 3.55. The van der Waals surface area contributed by atoms with E-state index in [1.807, 2.05) is 18.7 Å². The first-order valence-electron chi connectivity index (χ1n) is 5.32. The number of phenols is 1. The molecule has 3 nitrogen and oxygen atoms in total. The van der Waals surface area contributed by atoms with Crippen LogP contribution in [0.4, 0.5) is 4.39 Å². The molecule has 88 valence electrons.